The van der Waals surface area contributed by atoms with Crippen LogP contribution in [0.4, 0.5) is 0 Å². The van der Waals surface area contributed by atoms with Gasteiger partial charge >= 0.3 is 5.97 Å². The summed E-state index contributed by atoms with van der Waals surface area (Å²) in [6.07, 6.45) is 2.82. The molecular weight excluding hydrogens is 288 g/mol. The number of carbonyl (C=O) groups is 1. The van der Waals surface area contributed by atoms with Gasteiger partial charge in [-0.15, -0.1) is 0 Å². The lowest BCUT2D eigenvalue weighted by molar-refractivity contribution is 0.0692. The third-order valence-corrected chi connectivity index (χ3v) is 4.18. The average molecular weight is 320 g/mol. The molecule has 130 valence electrons. The molecular formula is C20H32O3. The van der Waals surface area contributed by atoms with Gasteiger partial charge < -0.3 is 10.2 Å². The quantitative estimate of drug-likeness (QED) is 0.764. The lowest BCUT2D eigenvalue weighted by Crippen LogP contribution is -2.20. The number of carboxylic acids is 1. The second kappa shape index (κ2) is 6.94. The van der Waals surface area contributed by atoms with Gasteiger partial charge in [0.15, 0.2) is 0 Å². The molecule has 0 aliphatic rings. The molecule has 0 aromatic heterocycles. The van der Waals surface area contributed by atoms with Crippen molar-refractivity contribution in [3.8, 4) is 5.75 Å². The summed E-state index contributed by atoms with van der Waals surface area (Å²) in [7, 11) is 0. The van der Waals surface area contributed by atoms with Gasteiger partial charge in [0.2, 0.25) is 0 Å². The monoisotopic (exact) mass is 320 g/mol. The number of phenolic OH excluding ortho intramolecular Hbond substituents is 1. The summed E-state index contributed by atoms with van der Waals surface area (Å²) < 4.78 is 0. The fourth-order valence-corrected chi connectivity index (χ4v) is 2.85. The van der Waals surface area contributed by atoms with Gasteiger partial charge in [-0.05, 0) is 59.3 Å². The van der Waals surface area contributed by atoms with Crippen LogP contribution in [0.1, 0.15) is 82.8 Å². The third kappa shape index (κ3) is 5.89. The molecule has 0 saturated carbocycles. The van der Waals surface area contributed by atoms with Crippen LogP contribution in [0, 0.1) is 11.3 Å². The zero-order valence-corrected chi connectivity index (χ0v) is 15.7. The number of carboxylic acid groups (broad SMARTS) is 1. The van der Waals surface area contributed by atoms with Crippen molar-refractivity contribution in [3.63, 3.8) is 0 Å². The van der Waals surface area contributed by atoms with E-state index >= 15 is 0 Å². The Bertz CT molecular complexity index is 559. The molecule has 0 aliphatic carbocycles. The summed E-state index contributed by atoms with van der Waals surface area (Å²) in [6, 6.07) is 3.21. The average Bonchev–Trinajstić information content (AvgIpc) is 2.33. The topological polar surface area (TPSA) is 57.5 Å². The van der Waals surface area contributed by atoms with Crippen molar-refractivity contribution in [1.29, 1.82) is 0 Å². The zero-order chi connectivity index (χ0) is 18.0. The molecule has 2 N–H and O–H groups in total. The van der Waals surface area contributed by atoms with E-state index in [0.717, 1.165) is 18.4 Å². The molecule has 3 nitrogen and oxygen atoms in total. The Morgan fingerprint density at radius 3 is 2.13 bits per heavy atom. The largest absolute Gasteiger partial charge is 0.508 e. The lowest BCUT2D eigenvalue weighted by Gasteiger charge is -2.25. The van der Waals surface area contributed by atoms with Crippen molar-refractivity contribution in [2.45, 2.75) is 73.1 Å². The van der Waals surface area contributed by atoms with Gasteiger partial charge in [0.1, 0.15) is 5.75 Å². The SMILES string of the molecule is CC(CCC(C)(C)C)Cc1cc(O)cc(C(C)(C)C)c1C(=O)O. The van der Waals surface area contributed by atoms with Crippen LogP contribution < -0.4 is 0 Å². The Balaban J connectivity index is 3.15. The Morgan fingerprint density at radius 1 is 1.13 bits per heavy atom. The first kappa shape index (κ1) is 19.5. The molecule has 1 rings (SSSR count). The maximum absolute atomic E-state index is 11.8. The fourth-order valence-electron chi connectivity index (χ4n) is 2.85. The second-order valence-corrected chi connectivity index (χ2v) is 8.99. The lowest BCUT2D eigenvalue weighted by atomic mass is 9.79. The molecule has 1 aromatic rings. The second-order valence-electron chi connectivity index (χ2n) is 8.99. The minimum absolute atomic E-state index is 0.151. The minimum Gasteiger partial charge on any atom is -0.508 e. The maximum atomic E-state index is 11.8. The summed E-state index contributed by atoms with van der Waals surface area (Å²) in [5, 5.41) is 19.7. The summed E-state index contributed by atoms with van der Waals surface area (Å²) >= 11 is 0. The smallest absolute Gasteiger partial charge is 0.336 e. The normalized spacial score (nSPS) is 13.9. The van der Waals surface area contributed by atoms with E-state index in [1.807, 2.05) is 20.8 Å². The maximum Gasteiger partial charge on any atom is 0.336 e. The third-order valence-electron chi connectivity index (χ3n) is 4.18. The van der Waals surface area contributed by atoms with E-state index in [4.69, 9.17) is 0 Å². The van der Waals surface area contributed by atoms with Crippen molar-refractivity contribution in [1.82, 2.24) is 0 Å². The van der Waals surface area contributed by atoms with Crippen molar-refractivity contribution in [3.05, 3.63) is 28.8 Å². The van der Waals surface area contributed by atoms with E-state index in [1.165, 1.54) is 0 Å². The first-order valence-electron chi connectivity index (χ1n) is 8.41. The van der Waals surface area contributed by atoms with E-state index in [9.17, 15) is 15.0 Å². The van der Waals surface area contributed by atoms with Gasteiger partial charge in [-0.2, -0.15) is 0 Å². The standard InChI is InChI=1S/C20H32O3/c1-13(8-9-19(2,3)4)10-14-11-15(21)12-16(20(5,6)7)17(14)18(22)23/h11-13,21H,8-10H2,1-7H3,(H,22,23). The number of aromatic hydroxyl groups is 1. The van der Waals surface area contributed by atoms with Crippen molar-refractivity contribution < 1.29 is 15.0 Å². The van der Waals surface area contributed by atoms with Crippen molar-refractivity contribution in [2.75, 3.05) is 0 Å². The van der Waals surface area contributed by atoms with Gasteiger partial charge in [-0.25, -0.2) is 4.79 Å². The highest BCUT2D eigenvalue weighted by Crippen LogP contribution is 2.34. The van der Waals surface area contributed by atoms with E-state index in [-0.39, 0.29) is 16.6 Å². The first-order chi connectivity index (χ1) is 10.3. The van der Waals surface area contributed by atoms with Gasteiger partial charge in [0.05, 0.1) is 5.56 Å². The van der Waals surface area contributed by atoms with Crippen LogP contribution in [0.5, 0.6) is 5.75 Å². The molecule has 0 radical (unpaired) electrons. The molecule has 1 atom stereocenters. The highest BCUT2D eigenvalue weighted by atomic mass is 16.4. The van der Waals surface area contributed by atoms with Gasteiger partial charge in [0, 0.05) is 0 Å². The molecule has 1 aromatic carbocycles. The Labute approximate surface area is 140 Å². The summed E-state index contributed by atoms with van der Waals surface area (Å²) in [6.45, 7) is 14.7. The van der Waals surface area contributed by atoms with Crippen molar-refractivity contribution >= 4 is 5.97 Å². The molecule has 0 saturated heterocycles. The number of rotatable bonds is 5. The number of hydrogen-bond donors (Lipinski definition) is 2. The zero-order valence-electron chi connectivity index (χ0n) is 15.7. The Morgan fingerprint density at radius 2 is 1.70 bits per heavy atom. The minimum atomic E-state index is -0.909. The highest BCUT2D eigenvalue weighted by Gasteiger charge is 2.26. The van der Waals surface area contributed by atoms with Gasteiger partial charge in [-0.3, -0.25) is 0 Å². The number of hydrogen-bond acceptors (Lipinski definition) is 2. The number of aromatic carboxylic acids is 1. The molecule has 0 amide bonds. The molecule has 23 heavy (non-hydrogen) atoms. The van der Waals surface area contributed by atoms with Crippen LogP contribution in [0.15, 0.2) is 12.1 Å². The fraction of sp³-hybridized carbons (Fsp3) is 0.650. The van der Waals surface area contributed by atoms with Crippen LogP contribution in [-0.2, 0) is 11.8 Å². The summed E-state index contributed by atoms with van der Waals surface area (Å²) in [5.74, 6) is -0.382. The van der Waals surface area contributed by atoms with Crippen LogP contribution >= 0.6 is 0 Å². The van der Waals surface area contributed by atoms with Crippen molar-refractivity contribution in [2.24, 2.45) is 11.3 Å². The Kier molecular flexibility index (Phi) is 5.89. The summed E-state index contributed by atoms with van der Waals surface area (Å²) in [4.78, 5) is 11.8. The van der Waals surface area contributed by atoms with Gasteiger partial charge in [0.25, 0.3) is 0 Å². The number of phenols is 1. The molecule has 0 aliphatic heterocycles. The number of benzene rings is 1. The van der Waals surface area contributed by atoms with Crippen LogP contribution in [0.25, 0.3) is 0 Å². The molecule has 1 unspecified atom stereocenters. The van der Waals surface area contributed by atoms with E-state index in [0.29, 0.717) is 23.5 Å². The first-order valence-corrected chi connectivity index (χ1v) is 8.41. The van der Waals surface area contributed by atoms with E-state index < -0.39 is 5.97 Å². The molecule has 3 heteroatoms. The highest BCUT2D eigenvalue weighted by molar-refractivity contribution is 5.92. The molecule has 0 spiro atoms. The molecule has 0 bridgehead atoms. The van der Waals surface area contributed by atoms with Gasteiger partial charge in [-0.1, -0.05) is 48.5 Å². The van der Waals surface area contributed by atoms with Crippen LogP contribution in [-0.4, -0.2) is 16.2 Å². The van der Waals surface area contributed by atoms with Crippen LogP contribution in [0.2, 0.25) is 0 Å². The van der Waals surface area contributed by atoms with Crippen LogP contribution in [0.3, 0.4) is 0 Å². The summed E-state index contributed by atoms with van der Waals surface area (Å²) in [5.41, 5.74) is 1.75. The predicted octanol–water partition coefficient (Wildman–Crippen LogP) is 5.39. The van der Waals surface area contributed by atoms with E-state index in [1.54, 1.807) is 12.1 Å². The Hall–Kier alpha value is -1.51. The molecule has 0 heterocycles. The van der Waals surface area contributed by atoms with E-state index in [2.05, 4.69) is 27.7 Å². The predicted molar refractivity (Wildman–Crippen MR) is 95.3 cm³/mol. The molecule has 0 fully saturated rings.